The molecule has 0 nitrogen and oxygen atoms in total. The third kappa shape index (κ3) is 2.30. The van der Waals surface area contributed by atoms with Crippen molar-refractivity contribution in [3.8, 4) is 0 Å². The van der Waals surface area contributed by atoms with Gasteiger partial charge in [0.2, 0.25) is 20.9 Å². The van der Waals surface area contributed by atoms with Gasteiger partial charge in [0.05, 0.1) is 0 Å². The summed E-state index contributed by atoms with van der Waals surface area (Å²) in [7, 11) is -2.69. The Balaban J connectivity index is 3.46. The van der Waals surface area contributed by atoms with E-state index >= 15 is 0 Å². The zero-order valence-electron chi connectivity index (χ0n) is 4.17. The lowest BCUT2D eigenvalue weighted by atomic mass is 11.6. The van der Waals surface area contributed by atoms with Crippen molar-refractivity contribution in [3.05, 3.63) is 0 Å². The third-order valence-electron chi connectivity index (χ3n) is 0.688. The number of rotatable bonds is 2. The van der Waals surface area contributed by atoms with E-state index in [2.05, 4.69) is 0 Å². The van der Waals surface area contributed by atoms with Gasteiger partial charge < -0.3 is 0 Å². The summed E-state index contributed by atoms with van der Waals surface area (Å²) in [5, 5.41) is 0. The lowest BCUT2D eigenvalue weighted by molar-refractivity contribution is 0.184. The summed E-state index contributed by atoms with van der Waals surface area (Å²) in [6.07, 6.45) is 0. The first-order chi connectivity index (χ1) is 3.55. The predicted molar refractivity (Wildman–Crippen MR) is 23.6 cm³/mol. The van der Waals surface area contributed by atoms with Crippen molar-refractivity contribution in [2.24, 2.45) is 0 Å². The van der Waals surface area contributed by atoms with E-state index in [9.17, 15) is 17.6 Å². The van der Waals surface area contributed by atoms with E-state index in [1.807, 2.05) is 0 Å². The molecule has 0 aliphatic heterocycles. The topological polar surface area (TPSA) is 0 Å². The number of hydrogen-bond acceptors (Lipinski definition) is 0. The Kier molecular flexibility index (Phi) is 3.04. The maximum atomic E-state index is 11.2. The van der Waals surface area contributed by atoms with Crippen LogP contribution in [-0.2, 0) is 0 Å². The molecule has 0 saturated carbocycles. The Morgan fingerprint density at radius 2 is 1.25 bits per heavy atom. The van der Waals surface area contributed by atoms with Crippen molar-refractivity contribution in [1.29, 1.82) is 0 Å². The van der Waals surface area contributed by atoms with Crippen LogP contribution in [0.1, 0.15) is 0 Å². The van der Waals surface area contributed by atoms with Crippen LogP contribution in [0.5, 0.6) is 0 Å². The van der Waals surface area contributed by atoms with Gasteiger partial charge in [-0.25, -0.2) is 17.6 Å². The van der Waals surface area contributed by atoms with Gasteiger partial charge in [-0.1, -0.05) is 6.55 Å². The van der Waals surface area contributed by atoms with E-state index in [0.29, 0.717) is 0 Å². The Labute approximate surface area is 46.1 Å². The minimum atomic E-state index is -2.81. The van der Waals surface area contributed by atoms with Crippen LogP contribution in [0.3, 0.4) is 0 Å². The van der Waals surface area contributed by atoms with Crippen LogP contribution >= 0.6 is 0 Å². The van der Waals surface area contributed by atoms with Gasteiger partial charge >= 0.3 is 0 Å². The van der Waals surface area contributed by atoms with Crippen LogP contribution in [0.15, 0.2) is 0 Å². The fraction of sp³-hybridized carbons (Fsp3) is 1.00. The maximum absolute atomic E-state index is 11.2. The fourth-order valence-electron chi connectivity index (χ4n) is 0.0952. The Hall–Kier alpha value is -0.0631. The van der Waals surface area contributed by atoms with E-state index in [-0.39, 0.29) is 0 Å². The molecule has 49 valence electrons. The Morgan fingerprint density at radius 1 is 1.00 bits per heavy atom. The highest BCUT2D eigenvalue weighted by Crippen LogP contribution is 2.07. The van der Waals surface area contributed by atoms with Crippen LogP contribution < -0.4 is 0 Å². The number of hydrogen-bond donors (Lipinski definition) is 0. The fourth-order valence-corrected chi connectivity index (χ4v) is 0.286. The summed E-state index contributed by atoms with van der Waals surface area (Å²) >= 11 is 0. The zero-order chi connectivity index (χ0) is 6.73. The van der Waals surface area contributed by atoms with E-state index in [1.54, 1.807) is 0 Å². The van der Waals surface area contributed by atoms with E-state index in [0.717, 1.165) is 6.55 Å². The summed E-state index contributed by atoms with van der Waals surface area (Å²) in [4.78, 5) is 0. The molecule has 1 radical (unpaired) electrons. The Morgan fingerprint density at radius 3 is 1.25 bits per heavy atom. The van der Waals surface area contributed by atoms with Gasteiger partial charge in [0, 0.05) is 0 Å². The summed E-state index contributed by atoms with van der Waals surface area (Å²) < 4.78 is 45.0. The van der Waals surface area contributed by atoms with Gasteiger partial charge in [0.15, 0.2) is 0 Å². The predicted octanol–water partition coefficient (Wildman–Crippen LogP) is 1.72. The number of halogens is 4. The van der Waals surface area contributed by atoms with E-state index < -0.39 is 20.9 Å². The highest BCUT2D eigenvalue weighted by molar-refractivity contribution is 6.59. The van der Waals surface area contributed by atoms with Crippen molar-refractivity contribution >= 4 is 8.80 Å². The molecule has 0 amide bonds. The molecule has 5 heteroatoms. The van der Waals surface area contributed by atoms with Gasteiger partial charge in [-0.05, 0) is 0 Å². The van der Waals surface area contributed by atoms with Crippen LogP contribution in [0.25, 0.3) is 0 Å². The molecule has 0 bridgehead atoms. The lowest BCUT2D eigenvalue weighted by Gasteiger charge is -2.03. The first kappa shape index (κ1) is 7.94. The second kappa shape index (κ2) is 3.06. The SMILES string of the molecule is C[Si](C(F)F)C(F)F. The van der Waals surface area contributed by atoms with Crippen molar-refractivity contribution in [2.75, 3.05) is 0 Å². The van der Waals surface area contributed by atoms with Crippen LogP contribution in [0, 0.1) is 0 Å². The molecule has 0 atom stereocenters. The van der Waals surface area contributed by atoms with E-state index in [4.69, 9.17) is 0 Å². The molecule has 0 spiro atoms. The summed E-state index contributed by atoms with van der Waals surface area (Å²) in [6.45, 7) is 0.917. The average molecular weight is 145 g/mol. The normalized spacial score (nSPS) is 12.0. The average Bonchev–Trinajstić information content (AvgIpc) is 1.64. The molecule has 0 unspecified atom stereocenters. The maximum Gasteiger partial charge on any atom is 0.225 e. The number of alkyl halides is 4. The smallest absolute Gasteiger partial charge is 0.216 e. The van der Waals surface area contributed by atoms with Gasteiger partial charge in [0.25, 0.3) is 0 Å². The van der Waals surface area contributed by atoms with Crippen LogP contribution in [-0.4, -0.2) is 20.9 Å². The summed E-state index contributed by atoms with van der Waals surface area (Å²) in [5.41, 5.74) is 0. The minimum absolute atomic E-state index is 0.917. The van der Waals surface area contributed by atoms with Gasteiger partial charge in [-0.2, -0.15) is 0 Å². The quantitative estimate of drug-likeness (QED) is 0.410. The van der Waals surface area contributed by atoms with Crippen molar-refractivity contribution < 1.29 is 17.6 Å². The van der Waals surface area contributed by atoms with Crippen molar-refractivity contribution in [1.82, 2.24) is 0 Å². The molecule has 0 aromatic rings. The second-order valence-corrected chi connectivity index (χ2v) is 3.71. The molecule has 0 N–H and O–H groups in total. The van der Waals surface area contributed by atoms with Gasteiger partial charge in [0.1, 0.15) is 0 Å². The molecular formula is C3H5F4Si. The third-order valence-corrected chi connectivity index (χ3v) is 2.07. The largest absolute Gasteiger partial charge is 0.225 e. The van der Waals surface area contributed by atoms with Crippen LogP contribution in [0.2, 0.25) is 6.55 Å². The molecule has 0 aliphatic rings. The molecular weight excluding hydrogens is 140 g/mol. The van der Waals surface area contributed by atoms with E-state index in [1.165, 1.54) is 0 Å². The summed E-state index contributed by atoms with van der Waals surface area (Å²) in [5.74, 6) is 0. The Bertz CT molecular complexity index is 56.3. The second-order valence-electron chi connectivity index (χ2n) is 1.35. The van der Waals surface area contributed by atoms with Crippen molar-refractivity contribution in [3.63, 3.8) is 0 Å². The monoisotopic (exact) mass is 145 g/mol. The molecule has 0 heterocycles. The molecule has 0 fully saturated rings. The van der Waals surface area contributed by atoms with Gasteiger partial charge in [-0.15, -0.1) is 0 Å². The molecule has 0 saturated heterocycles. The standard InChI is InChI=1S/C3H5F4Si/c1-8(2(4)5)3(6)7/h2-3H,1H3. The van der Waals surface area contributed by atoms with Crippen LogP contribution in [0.4, 0.5) is 17.6 Å². The molecule has 0 aromatic heterocycles. The molecule has 0 aliphatic carbocycles. The summed E-state index contributed by atoms with van der Waals surface area (Å²) in [6, 6.07) is -5.61. The molecule has 8 heavy (non-hydrogen) atoms. The van der Waals surface area contributed by atoms with Crippen molar-refractivity contribution in [2.45, 2.75) is 18.6 Å². The lowest BCUT2D eigenvalue weighted by Crippen LogP contribution is -2.28. The highest BCUT2D eigenvalue weighted by atomic mass is 28.3. The molecule has 0 aromatic carbocycles. The van der Waals surface area contributed by atoms with Gasteiger partial charge in [-0.3, -0.25) is 0 Å². The zero-order valence-corrected chi connectivity index (χ0v) is 5.17. The minimum Gasteiger partial charge on any atom is -0.216 e. The highest BCUT2D eigenvalue weighted by Gasteiger charge is 2.27. The molecule has 0 rings (SSSR count). The first-order valence-electron chi connectivity index (χ1n) is 1.95. The first-order valence-corrected chi connectivity index (χ1v) is 4.10.